The summed E-state index contributed by atoms with van der Waals surface area (Å²) in [5, 5.41) is 7.52. The highest BCUT2D eigenvalue weighted by Gasteiger charge is 2.31. The van der Waals surface area contributed by atoms with Gasteiger partial charge >= 0.3 is 0 Å². The predicted molar refractivity (Wildman–Crippen MR) is 177 cm³/mol. The van der Waals surface area contributed by atoms with Crippen molar-refractivity contribution < 1.29 is 0 Å². The highest BCUT2D eigenvalue weighted by Crippen LogP contribution is 2.58. The van der Waals surface area contributed by atoms with Crippen molar-refractivity contribution in [3.63, 3.8) is 0 Å². The molecule has 1 heteroatoms. The van der Waals surface area contributed by atoms with Gasteiger partial charge in [-0.3, -0.25) is 4.98 Å². The number of hydrogen-bond acceptors (Lipinski definition) is 1. The maximum absolute atomic E-state index is 4.64. The number of hydrogen-bond donors (Lipinski definition) is 0. The largest absolute Gasteiger partial charge is 0.263 e. The van der Waals surface area contributed by atoms with Gasteiger partial charge in [-0.15, -0.1) is 0 Å². The SMILES string of the molecule is c1ccc(-c2c3c(c(-c4ccccc4)c4ccccc24)-c2cc(-c4cncc5ccccc45)cc4cccc-3c24)cc1. The van der Waals surface area contributed by atoms with Crippen molar-refractivity contribution >= 4 is 32.3 Å². The molecule has 0 spiro atoms. The number of aromatic nitrogens is 1. The average molecular weight is 532 g/mol. The Labute approximate surface area is 244 Å². The second-order valence-electron chi connectivity index (χ2n) is 11.1. The second kappa shape index (κ2) is 8.99. The summed E-state index contributed by atoms with van der Waals surface area (Å²) >= 11 is 0. The average Bonchev–Trinajstić information content (AvgIpc) is 3.38. The highest BCUT2D eigenvalue weighted by molar-refractivity contribution is 6.28. The first-order valence-corrected chi connectivity index (χ1v) is 14.5. The van der Waals surface area contributed by atoms with E-state index in [1.54, 1.807) is 0 Å². The maximum atomic E-state index is 4.64. The lowest BCUT2D eigenvalue weighted by molar-refractivity contribution is 1.36. The molecule has 0 amide bonds. The lowest BCUT2D eigenvalue weighted by atomic mass is 9.82. The van der Waals surface area contributed by atoms with Crippen LogP contribution in [0.15, 0.2) is 152 Å². The topological polar surface area (TPSA) is 12.9 Å². The normalized spacial score (nSPS) is 11.8. The summed E-state index contributed by atoms with van der Waals surface area (Å²) < 4.78 is 0. The summed E-state index contributed by atoms with van der Waals surface area (Å²) in [6, 6.07) is 50.8. The molecular formula is C41H25N. The molecule has 8 aromatic rings. The third kappa shape index (κ3) is 3.28. The second-order valence-corrected chi connectivity index (χ2v) is 11.1. The van der Waals surface area contributed by atoms with Crippen molar-refractivity contribution in [1.82, 2.24) is 4.98 Å². The molecule has 0 aliphatic heterocycles. The fourth-order valence-electron chi connectivity index (χ4n) is 7.12. The van der Waals surface area contributed by atoms with Gasteiger partial charge in [0, 0.05) is 23.3 Å². The van der Waals surface area contributed by atoms with Crippen molar-refractivity contribution in [2.45, 2.75) is 0 Å². The number of fused-ring (bicyclic) bond motifs is 5. The van der Waals surface area contributed by atoms with Crippen molar-refractivity contribution in [2.75, 3.05) is 0 Å². The zero-order valence-corrected chi connectivity index (χ0v) is 22.9. The van der Waals surface area contributed by atoms with Crippen LogP contribution in [0.4, 0.5) is 0 Å². The summed E-state index contributed by atoms with van der Waals surface area (Å²) in [6.45, 7) is 0. The minimum Gasteiger partial charge on any atom is -0.263 e. The molecule has 194 valence electrons. The van der Waals surface area contributed by atoms with E-state index in [0.29, 0.717) is 0 Å². The zero-order valence-electron chi connectivity index (χ0n) is 22.9. The minimum atomic E-state index is 1.16. The Morgan fingerprint density at radius 1 is 0.333 bits per heavy atom. The fraction of sp³-hybridized carbons (Fsp3) is 0. The summed E-state index contributed by atoms with van der Waals surface area (Å²) in [5.74, 6) is 0. The lowest BCUT2D eigenvalue weighted by Crippen LogP contribution is -1.93. The first kappa shape index (κ1) is 23.2. The van der Waals surface area contributed by atoms with Crippen molar-refractivity contribution in [1.29, 1.82) is 0 Å². The smallest absolute Gasteiger partial charge is 0.0352 e. The number of nitrogens with zero attached hydrogens (tertiary/aromatic N) is 1. The monoisotopic (exact) mass is 531 g/mol. The molecule has 1 heterocycles. The van der Waals surface area contributed by atoms with E-state index < -0.39 is 0 Å². The number of rotatable bonds is 3. The van der Waals surface area contributed by atoms with E-state index in [2.05, 4.69) is 145 Å². The molecule has 42 heavy (non-hydrogen) atoms. The molecule has 9 rings (SSSR count). The van der Waals surface area contributed by atoms with Gasteiger partial charge in [0.15, 0.2) is 0 Å². The van der Waals surface area contributed by atoms with Crippen LogP contribution in [0.5, 0.6) is 0 Å². The Bertz CT molecular complexity index is 2330. The van der Waals surface area contributed by atoms with Gasteiger partial charge in [0.05, 0.1) is 0 Å². The van der Waals surface area contributed by atoms with Crippen LogP contribution in [0.3, 0.4) is 0 Å². The molecule has 0 radical (unpaired) electrons. The lowest BCUT2D eigenvalue weighted by Gasteiger charge is -2.20. The molecule has 1 aromatic heterocycles. The summed E-state index contributed by atoms with van der Waals surface area (Å²) in [5.41, 5.74) is 12.7. The summed E-state index contributed by atoms with van der Waals surface area (Å²) in [7, 11) is 0. The third-order valence-electron chi connectivity index (χ3n) is 8.84. The van der Waals surface area contributed by atoms with E-state index in [1.807, 2.05) is 12.4 Å². The molecule has 1 aliphatic carbocycles. The van der Waals surface area contributed by atoms with Gasteiger partial charge in [-0.2, -0.15) is 0 Å². The minimum absolute atomic E-state index is 1.16. The first-order chi connectivity index (χ1) is 20.9. The van der Waals surface area contributed by atoms with Crippen molar-refractivity contribution in [3.8, 4) is 55.6 Å². The van der Waals surface area contributed by atoms with Crippen LogP contribution in [-0.4, -0.2) is 4.98 Å². The van der Waals surface area contributed by atoms with Crippen LogP contribution in [0.1, 0.15) is 0 Å². The quantitative estimate of drug-likeness (QED) is 0.221. The summed E-state index contributed by atoms with van der Waals surface area (Å²) in [4.78, 5) is 4.64. The maximum Gasteiger partial charge on any atom is 0.0352 e. The van der Waals surface area contributed by atoms with E-state index in [1.165, 1.54) is 77.0 Å². The highest BCUT2D eigenvalue weighted by atomic mass is 14.6. The molecule has 0 unspecified atom stereocenters. The molecule has 0 atom stereocenters. The van der Waals surface area contributed by atoms with E-state index in [-0.39, 0.29) is 0 Å². The Morgan fingerprint density at radius 2 is 0.905 bits per heavy atom. The molecule has 7 aromatic carbocycles. The van der Waals surface area contributed by atoms with Crippen LogP contribution in [0.2, 0.25) is 0 Å². The third-order valence-corrected chi connectivity index (χ3v) is 8.84. The van der Waals surface area contributed by atoms with Gasteiger partial charge in [0.2, 0.25) is 0 Å². The van der Waals surface area contributed by atoms with Gasteiger partial charge in [-0.25, -0.2) is 0 Å². The van der Waals surface area contributed by atoms with Gasteiger partial charge < -0.3 is 0 Å². The van der Waals surface area contributed by atoms with Crippen LogP contribution < -0.4 is 0 Å². The Morgan fingerprint density at radius 3 is 1.60 bits per heavy atom. The number of benzene rings is 7. The number of pyridine rings is 1. The van der Waals surface area contributed by atoms with Gasteiger partial charge in [0.25, 0.3) is 0 Å². The summed E-state index contributed by atoms with van der Waals surface area (Å²) in [6.07, 6.45) is 3.97. The van der Waals surface area contributed by atoms with E-state index >= 15 is 0 Å². The van der Waals surface area contributed by atoms with Crippen LogP contribution in [-0.2, 0) is 0 Å². The predicted octanol–water partition coefficient (Wildman–Crippen LogP) is 11.2. The zero-order chi connectivity index (χ0) is 27.6. The van der Waals surface area contributed by atoms with Gasteiger partial charge in [0.1, 0.15) is 0 Å². The van der Waals surface area contributed by atoms with Crippen molar-refractivity contribution in [2.24, 2.45) is 0 Å². The molecule has 0 N–H and O–H groups in total. The van der Waals surface area contributed by atoms with Gasteiger partial charge in [-0.05, 0) is 89.1 Å². The molecule has 0 fully saturated rings. The van der Waals surface area contributed by atoms with Crippen LogP contribution >= 0.6 is 0 Å². The van der Waals surface area contributed by atoms with Crippen LogP contribution in [0.25, 0.3) is 88.0 Å². The van der Waals surface area contributed by atoms with E-state index in [0.717, 1.165) is 10.9 Å². The standard InChI is InChI=1S/C41H25N/c1-3-12-26(13-4-1)38-32-19-9-10-20-33(32)39(27-14-5-2-6-15-27)41-35-23-30(22-28-17-11-21-34(37(28)35)40(38)41)36-25-42-24-29-16-7-8-18-31(29)36/h1-25H. The first-order valence-electron chi connectivity index (χ1n) is 14.5. The molecule has 0 saturated carbocycles. The molecule has 1 nitrogen and oxygen atoms in total. The van der Waals surface area contributed by atoms with E-state index in [9.17, 15) is 0 Å². The Kier molecular flexibility index (Phi) is 4.97. The van der Waals surface area contributed by atoms with E-state index in [4.69, 9.17) is 0 Å². The fourth-order valence-corrected chi connectivity index (χ4v) is 7.12. The Balaban J connectivity index is 1.48. The van der Waals surface area contributed by atoms with Crippen LogP contribution in [0, 0.1) is 0 Å². The van der Waals surface area contributed by atoms with Crippen molar-refractivity contribution in [3.05, 3.63) is 152 Å². The van der Waals surface area contributed by atoms with Gasteiger partial charge in [-0.1, -0.05) is 127 Å². The molecule has 0 saturated heterocycles. The molecular weight excluding hydrogens is 506 g/mol. The Hall–Kier alpha value is -5.53. The molecule has 0 bridgehead atoms. The molecule has 1 aliphatic rings.